The van der Waals surface area contributed by atoms with Crippen LogP contribution >= 0.6 is 0 Å². The third-order valence-corrected chi connectivity index (χ3v) is 4.19. The van der Waals surface area contributed by atoms with Crippen molar-refractivity contribution in [2.75, 3.05) is 13.7 Å². The highest BCUT2D eigenvalue weighted by atomic mass is 16.5. The van der Waals surface area contributed by atoms with Crippen molar-refractivity contribution in [1.82, 2.24) is 0 Å². The van der Waals surface area contributed by atoms with Gasteiger partial charge in [0.05, 0.1) is 0 Å². The van der Waals surface area contributed by atoms with E-state index < -0.39 is 0 Å². The van der Waals surface area contributed by atoms with Gasteiger partial charge in [-0.25, -0.2) is 0 Å². The molecular formula is C18H26N2O. The van der Waals surface area contributed by atoms with Gasteiger partial charge >= 0.3 is 0 Å². The van der Waals surface area contributed by atoms with Gasteiger partial charge in [0, 0.05) is 26.1 Å². The van der Waals surface area contributed by atoms with Crippen LogP contribution in [0.3, 0.4) is 0 Å². The summed E-state index contributed by atoms with van der Waals surface area (Å²) in [5, 5.41) is 0. The minimum absolute atomic E-state index is 0.117. The molecule has 3 heteroatoms. The molecule has 0 aliphatic heterocycles. The van der Waals surface area contributed by atoms with Crippen LogP contribution in [0.2, 0.25) is 0 Å². The zero-order chi connectivity index (χ0) is 15.1. The van der Waals surface area contributed by atoms with E-state index in [1.165, 1.54) is 11.1 Å². The van der Waals surface area contributed by atoms with Crippen LogP contribution in [0.5, 0.6) is 0 Å². The van der Waals surface area contributed by atoms with E-state index in [0.29, 0.717) is 6.54 Å². The second kappa shape index (κ2) is 7.55. The summed E-state index contributed by atoms with van der Waals surface area (Å²) in [6, 6.07) is 10.5. The summed E-state index contributed by atoms with van der Waals surface area (Å²) in [4.78, 5) is 0. The molecule has 1 aromatic rings. The van der Waals surface area contributed by atoms with Gasteiger partial charge in [-0.05, 0) is 30.9 Å². The van der Waals surface area contributed by atoms with Crippen molar-refractivity contribution in [3.63, 3.8) is 0 Å². The summed E-state index contributed by atoms with van der Waals surface area (Å²) in [7, 11) is 1.78. The van der Waals surface area contributed by atoms with Gasteiger partial charge in [0.1, 0.15) is 5.60 Å². The molecular weight excluding hydrogens is 260 g/mol. The van der Waals surface area contributed by atoms with E-state index in [-0.39, 0.29) is 11.6 Å². The predicted molar refractivity (Wildman–Crippen MR) is 87.8 cm³/mol. The number of rotatable bonds is 7. The molecule has 0 spiro atoms. The first-order chi connectivity index (χ1) is 10.2. The third kappa shape index (κ3) is 4.03. The van der Waals surface area contributed by atoms with Crippen molar-refractivity contribution in [2.24, 2.45) is 11.5 Å². The van der Waals surface area contributed by atoms with E-state index >= 15 is 0 Å². The summed E-state index contributed by atoms with van der Waals surface area (Å²) >= 11 is 0. The van der Waals surface area contributed by atoms with Crippen LogP contribution in [-0.2, 0) is 10.3 Å². The van der Waals surface area contributed by atoms with Crippen LogP contribution in [0.4, 0.5) is 0 Å². The van der Waals surface area contributed by atoms with Crippen molar-refractivity contribution < 1.29 is 4.74 Å². The molecule has 0 aromatic heterocycles. The second-order valence-electron chi connectivity index (χ2n) is 5.71. The maximum absolute atomic E-state index is 5.88. The first kappa shape index (κ1) is 16.0. The Balaban J connectivity index is 2.02. The molecule has 4 N–H and O–H groups in total. The molecule has 21 heavy (non-hydrogen) atoms. The quantitative estimate of drug-likeness (QED) is 0.810. The van der Waals surface area contributed by atoms with E-state index in [1.807, 2.05) is 6.07 Å². The van der Waals surface area contributed by atoms with Crippen molar-refractivity contribution in [3.8, 4) is 0 Å². The number of hydrogen-bond acceptors (Lipinski definition) is 3. The van der Waals surface area contributed by atoms with E-state index in [1.54, 1.807) is 7.11 Å². The molecule has 0 bridgehead atoms. The van der Waals surface area contributed by atoms with Crippen LogP contribution < -0.4 is 11.5 Å². The Hall–Kier alpha value is -1.42. The smallest absolute Gasteiger partial charge is 0.115 e. The number of hydrogen-bond donors (Lipinski definition) is 2. The second-order valence-corrected chi connectivity index (χ2v) is 5.71. The minimum Gasteiger partial charge on any atom is -0.369 e. The SMILES string of the molecule is COC1(c2ccccc2)C=CC=C(CCCC(N)CN)C1. The van der Waals surface area contributed by atoms with Crippen molar-refractivity contribution in [3.05, 3.63) is 59.7 Å². The van der Waals surface area contributed by atoms with Crippen molar-refractivity contribution in [2.45, 2.75) is 37.3 Å². The van der Waals surface area contributed by atoms with E-state index in [9.17, 15) is 0 Å². The third-order valence-electron chi connectivity index (χ3n) is 4.19. The number of benzene rings is 1. The lowest BCUT2D eigenvalue weighted by atomic mass is 9.82. The summed E-state index contributed by atoms with van der Waals surface area (Å²) in [5.74, 6) is 0. The molecule has 1 aliphatic rings. The molecule has 1 aliphatic carbocycles. The molecule has 0 heterocycles. The topological polar surface area (TPSA) is 61.3 Å². The molecule has 0 saturated carbocycles. The lowest BCUT2D eigenvalue weighted by molar-refractivity contribution is 0.0275. The summed E-state index contributed by atoms with van der Waals surface area (Å²) in [6.45, 7) is 0.560. The van der Waals surface area contributed by atoms with Crippen LogP contribution in [0.1, 0.15) is 31.2 Å². The van der Waals surface area contributed by atoms with Crippen molar-refractivity contribution in [1.29, 1.82) is 0 Å². The summed E-state index contributed by atoms with van der Waals surface area (Å²) < 4.78 is 5.87. The average molecular weight is 286 g/mol. The Morgan fingerprint density at radius 2 is 2.05 bits per heavy atom. The van der Waals surface area contributed by atoms with E-state index in [4.69, 9.17) is 16.2 Å². The van der Waals surface area contributed by atoms with E-state index in [0.717, 1.165) is 25.7 Å². The van der Waals surface area contributed by atoms with Gasteiger partial charge in [-0.1, -0.05) is 48.1 Å². The van der Waals surface area contributed by atoms with Gasteiger partial charge in [0.15, 0.2) is 0 Å². The molecule has 1 aromatic carbocycles. The molecule has 3 nitrogen and oxygen atoms in total. The van der Waals surface area contributed by atoms with Gasteiger partial charge in [0.2, 0.25) is 0 Å². The molecule has 0 fully saturated rings. The van der Waals surface area contributed by atoms with Crippen LogP contribution in [0, 0.1) is 0 Å². The molecule has 2 rings (SSSR count). The highest BCUT2D eigenvalue weighted by molar-refractivity contribution is 5.35. The molecule has 0 saturated heterocycles. The number of nitrogens with two attached hydrogens (primary N) is 2. The normalized spacial score (nSPS) is 22.9. The van der Waals surface area contributed by atoms with Gasteiger partial charge in [-0.15, -0.1) is 0 Å². The molecule has 0 amide bonds. The van der Waals surface area contributed by atoms with Gasteiger partial charge in [0.25, 0.3) is 0 Å². The van der Waals surface area contributed by atoms with Gasteiger partial charge < -0.3 is 16.2 Å². The Labute approximate surface area is 127 Å². The number of methoxy groups -OCH3 is 1. The minimum atomic E-state index is -0.332. The molecule has 0 radical (unpaired) electrons. The van der Waals surface area contributed by atoms with Gasteiger partial charge in [-0.3, -0.25) is 0 Å². The zero-order valence-electron chi connectivity index (χ0n) is 12.8. The first-order valence-corrected chi connectivity index (χ1v) is 7.64. The highest BCUT2D eigenvalue weighted by Crippen LogP contribution is 2.37. The van der Waals surface area contributed by atoms with Crippen LogP contribution in [0.25, 0.3) is 0 Å². The maximum Gasteiger partial charge on any atom is 0.115 e. The van der Waals surface area contributed by atoms with Gasteiger partial charge in [-0.2, -0.15) is 0 Å². The Kier molecular flexibility index (Phi) is 5.74. The largest absolute Gasteiger partial charge is 0.369 e. The fourth-order valence-electron chi connectivity index (χ4n) is 2.85. The average Bonchev–Trinajstić information content (AvgIpc) is 2.55. The fourth-order valence-corrected chi connectivity index (χ4v) is 2.85. The number of ether oxygens (including phenoxy) is 1. The fraction of sp³-hybridized carbons (Fsp3) is 0.444. The Morgan fingerprint density at radius 1 is 1.29 bits per heavy atom. The lowest BCUT2D eigenvalue weighted by Crippen LogP contribution is -2.30. The molecule has 2 unspecified atom stereocenters. The highest BCUT2D eigenvalue weighted by Gasteiger charge is 2.31. The molecule has 114 valence electrons. The van der Waals surface area contributed by atoms with Crippen molar-refractivity contribution >= 4 is 0 Å². The predicted octanol–water partition coefficient (Wildman–Crippen LogP) is 2.87. The first-order valence-electron chi connectivity index (χ1n) is 7.64. The Morgan fingerprint density at radius 3 is 2.71 bits per heavy atom. The zero-order valence-corrected chi connectivity index (χ0v) is 12.8. The van der Waals surface area contributed by atoms with Crippen LogP contribution in [0.15, 0.2) is 54.1 Å². The summed E-state index contributed by atoms with van der Waals surface area (Å²) in [5.41, 5.74) is 13.7. The number of allylic oxidation sites excluding steroid dienone is 2. The molecule has 2 atom stereocenters. The lowest BCUT2D eigenvalue weighted by Gasteiger charge is -2.33. The summed E-state index contributed by atoms with van der Waals surface area (Å²) in [6.07, 6.45) is 10.5. The standard InChI is InChI=1S/C18H26N2O/c1-21-18(16-9-3-2-4-10-16)12-6-8-15(13-18)7-5-11-17(20)14-19/h2-4,6,8-10,12,17H,5,7,11,13-14,19-20H2,1H3. The maximum atomic E-state index is 5.88. The monoisotopic (exact) mass is 286 g/mol. The van der Waals surface area contributed by atoms with Crippen LogP contribution in [-0.4, -0.2) is 19.7 Å². The Bertz CT molecular complexity index is 495. The van der Waals surface area contributed by atoms with E-state index in [2.05, 4.69) is 42.5 Å².